The molecule has 8 nitrogen and oxygen atoms in total. The third kappa shape index (κ3) is 6.27. The van der Waals surface area contributed by atoms with Crippen LogP contribution >= 0.6 is 11.6 Å². The molecule has 9 heteroatoms. The van der Waals surface area contributed by atoms with E-state index in [0.717, 1.165) is 11.6 Å². The molecular formula is C18H18ClN3O5. The van der Waals surface area contributed by atoms with Crippen LogP contribution in [0.25, 0.3) is 0 Å². The number of nitrogens with zero attached hydrogens (tertiary/aromatic N) is 2. The topological polar surface area (TPSA) is 116 Å². The first-order valence-corrected chi connectivity index (χ1v) is 8.41. The number of carbonyl (C=O) groups excluding carboxylic acids is 2. The molecule has 2 rings (SSSR count). The van der Waals surface area contributed by atoms with Crippen molar-refractivity contribution in [1.82, 2.24) is 4.90 Å². The number of nitro benzene ring substituents is 1. The Labute approximate surface area is 160 Å². The van der Waals surface area contributed by atoms with Crippen molar-refractivity contribution in [2.75, 3.05) is 13.2 Å². The van der Waals surface area contributed by atoms with Gasteiger partial charge < -0.3 is 15.4 Å². The standard InChI is InChI=1S/C18H18ClN3O5/c19-14-6-7-16(15(10-14)22(25)26)27-12-18(24)21(9-8-17(20)23)11-13-4-2-1-3-5-13/h1-7,10H,8-9,11-12H2,(H2,20,23). The molecule has 0 aliphatic heterocycles. The number of rotatable bonds is 9. The van der Waals surface area contributed by atoms with E-state index in [2.05, 4.69) is 0 Å². The van der Waals surface area contributed by atoms with Crippen molar-refractivity contribution in [3.8, 4) is 5.75 Å². The minimum atomic E-state index is -0.638. The van der Waals surface area contributed by atoms with Gasteiger partial charge in [0.1, 0.15) is 0 Å². The number of primary amides is 1. The molecule has 0 fully saturated rings. The molecule has 2 aromatic rings. The first kappa shape index (κ1) is 20.2. The minimum Gasteiger partial charge on any atom is -0.477 e. The molecule has 0 heterocycles. The number of halogens is 1. The molecule has 27 heavy (non-hydrogen) atoms. The largest absolute Gasteiger partial charge is 0.477 e. The molecule has 2 amide bonds. The summed E-state index contributed by atoms with van der Waals surface area (Å²) in [6.45, 7) is -0.0395. The summed E-state index contributed by atoms with van der Waals surface area (Å²) in [5, 5.41) is 11.3. The molecule has 2 N–H and O–H groups in total. The van der Waals surface area contributed by atoms with Crippen LogP contribution in [0.5, 0.6) is 5.75 Å². The van der Waals surface area contributed by atoms with Crippen LogP contribution in [0.2, 0.25) is 5.02 Å². The molecule has 0 aromatic heterocycles. The van der Waals surface area contributed by atoms with Gasteiger partial charge in [-0.3, -0.25) is 19.7 Å². The lowest BCUT2D eigenvalue weighted by molar-refractivity contribution is -0.385. The summed E-state index contributed by atoms with van der Waals surface area (Å²) in [6.07, 6.45) is -0.000331. The van der Waals surface area contributed by atoms with Crippen molar-refractivity contribution >= 4 is 29.1 Å². The van der Waals surface area contributed by atoms with Crippen LogP contribution in [0, 0.1) is 10.1 Å². The van der Waals surface area contributed by atoms with Crippen LogP contribution in [0.1, 0.15) is 12.0 Å². The van der Waals surface area contributed by atoms with Crippen molar-refractivity contribution in [2.45, 2.75) is 13.0 Å². The molecule has 0 aliphatic rings. The second kappa shape index (κ2) is 9.54. The Bertz CT molecular complexity index is 829. The zero-order valence-electron chi connectivity index (χ0n) is 14.3. The second-order valence-corrected chi connectivity index (χ2v) is 6.11. The average Bonchev–Trinajstić information content (AvgIpc) is 2.64. The summed E-state index contributed by atoms with van der Waals surface area (Å²) in [6, 6.07) is 13.1. The lowest BCUT2D eigenvalue weighted by Crippen LogP contribution is -2.36. The van der Waals surface area contributed by atoms with E-state index < -0.39 is 23.3 Å². The Morgan fingerprint density at radius 1 is 1.19 bits per heavy atom. The molecule has 0 spiro atoms. The fourth-order valence-corrected chi connectivity index (χ4v) is 2.49. The van der Waals surface area contributed by atoms with Crippen LogP contribution in [0.4, 0.5) is 5.69 Å². The number of nitro groups is 1. The van der Waals surface area contributed by atoms with E-state index in [1.807, 2.05) is 30.3 Å². The summed E-state index contributed by atoms with van der Waals surface area (Å²) in [4.78, 5) is 35.5. The van der Waals surface area contributed by atoms with Gasteiger partial charge in [-0.1, -0.05) is 41.9 Å². The maximum atomic E-state index is 12.5. The molecular weight excluding hydrogens is 374 g/mol. The number of nitrogens with two attached hydrogens (primary N) is 1. The SMILES string of the molecule is NC(=O)CCN(Cc1ccccc1)C(=O)COc1ccc(Cl)cc1[N+](=O)[O-]. The van der Waals surface area contributed by atoms with Crippen molar-refractivity contribution in [1.29, 1.82) is 0 Å². The van der Waals surface area contributed by atoms with Gasteiger partial charge in [-0.05, 0) is 17.7 Å². The summed E-state index contributed by atoms with van der Waals surface area (Å²) in [5.41, 5.74) is 5.71. The van der Waals surface area contributed by atoms with Crippen molar-refractivity contribution in [3.05, 3.63) is 69.2 Å². The quantitative estimate of drug-likeness (QED) is 0.520. The highest BCUT2D eigenvalue weighted by Gasteiger charge is 2.20. The third-order valence-electron chi connectivity index (χ3n) is 3.67. The maximum absolute atomic E-state index is 12.5. The van der Waals surface area contributed by atoms with Crippen LogP contribution in [0.15, 0.2) is 48.5 Å². The first-order chi connectivity index (χ1) is 12.9. The normalized spacial score (nSPS) is 10.3. The summed E-state index contributed by atoms with van der Waals surface area (Å²) < 4.78 is 5.33. The monoisotopic (exact) mass is 391 g/mol. The summed E-state index contributed by atoms with van der Waals surface area (Å²) in [5.74, 6) is -1.02. The predicted octanol–water partition coefficient (Wildman–Crippen LogP) is 2.53. The third-order valence-corrected chi connectivity index (χ3v) is 3.90. The molecule has 0 unspecified atom stereocenters. The van der Waals surface area contributed by atoms with Gasteiger partial charge in [-0.25, -0.2) is 0 Å². The smallest absolute Gasteiger partial charge is 0.312 e. The Balaban J connectivity index is 2.09. The number of carbonyl (C=O) groups is 2. The maximum Gasteiger partial charge on any atom is 0.312 e. The Hall–Kier alpha value is -3.13. The van der Waals surface area contributed by atoms with Gasteiger partial charge in [-0.2, -0.15) is 0 Å². The second-order valence-electron chi connectivity index (χ2n) is 5.68. The van der Waals surface area contributed by atoms with E-state index in [-0.39, 0.29) is 36.0 Å². The number of benzene rings is 2. The molecule has 0 radical (unpaired) electrons. The van der Waals surface area contributed by atoms with Crippen molar-refractivity contribution in [3.63, 3.8) is 0 Å². The molecule has 0 aliphatic carbocycles. The zero-order valence-corrected chi connectivity index (χ0v) is 15.1. The van der Waals surface area contributed by atoms with Crippen LogP contribution in [-0.2, 0) is 16.1 Å². The van der Waals surface area contributed by atoms with Gasteiger partial charge in [0.05, 0.1) is 4.92 Å². The molecule has 0 bridgehead atoms. The molecule has 0 saturated carbocycles. The summed E-state index contributed by atoms with van der Waals surface area (Å²) in [7, 11) is 0. The van der Waals surface area contributed by atoms with Gasteiger partial charge in [0.15, 0.2) is 12.4 Å². The Kier molecular flexibility index (Phi) is 7.13. The van der Waals surface area contributed by atoms with E-state index in [1.54, 1.807) is 0 Å². The molecule has 0 saturated heterocycles. The lowest BCUT2D eigenvalue weighted by Gasteiger charge is -2.22. The molecule has 142 valence electrons. The average molecular weight is 392 g/mol. The lowest BCUT2D eigenvalue weighted by atomic mass is 10.2. The fourth-order valence-electron chi connectivity index (χ4n) is 2.33. The Morgan fingerprint density at radius 2 is 1.89 bits per heavy atom. The highest BCUT2D eigenvalue weighted by Crippen LogP contribution is 2.29. The number of hydrogen-bond acceptors (Lipinski definition) is 5. The fraction of sp³-hybridized carbons (Fsp3) is 0.222. The van der Waals surface area contributed by atoms with Crippen molar-refractivity contribution < 1.29 is 19.2 Å². The van der Waals surface area contributed by atoms with Crippen LogP contribution < -0.4 is 10.5 Å². The van der Waals surface area contributed by atoms with E-state index in [4.69, 9.17) is 22.1 Å². The van der Waals surface area contributed by atoms with E-state index in [1.165, 1.54) is 17.0 Å². The van der Waals surface area contributed by atoms with Crippen molar-refractivity contribution in [2.24, 2.45) is 5.73 Å². The highest BCUT2D eigenvalue weighted by molar-refractivity contribution is 6.30. The van der Waals surface area contributed by atoms with E-state index in [9.17, 15) is 19.7 Å². The summed E-state index contributed by atoms with van der Waals surface area (Å²) >= 11 is 5.76. The van der Waals surface area contributed by atoms with E-state index >= 15 is 0 Å². The van der Waals surface area contributed by atoms with Gasteiger partial charge in [0.2, 0.25) is 5.91 Å². The number of ether oxygens (including phenoxy) is 1. The predicted molar refractivity (Wildman–Crippen MR) is 99.3 cm³/mol. The van der Waals surface area contributed by atoms with E-state index in [0.29, 0.717) is 0 Å². The van der Waals surface area contributed by atoms with Gasteiger partial charge >= 0.3 is 5.69 Å². The Morgan fingerprint density at radius 3 is 2.52 bits per heavy atom. The van der Waals surface area contributed by atoms with Crippen LogP contribution in [0.3, 0.4) is 0 Å². The van der Waals surface area contributed by atoms with Gasteiger partial charge in [0, 0.05) is 30.6 Å². The molecule has 2 aromatic carbocycles. The zero-order chi connectivity index (χ0) is 19.8. The number of hydrogen-bond donors (Lipinski definition) is 1. The minimum absolute atomic E-state index is 0.000331. The van der Waals surface area contributed by atoms with Gasteiger partial charge in [-0.15, -0.1) is 0 Å². The first-order valence-electron chi connectivity index (χ1n) is 8.03. The highest BCUT2D eigenvalue weighted by atomic mass is 35.5. The molecule has 0 atom stereocenters. The number of amides is 2. The van der Waals surface area contributed by atoms with Gasteiger partial charge in [0.25, 0.3) is 5.91 Å². The van der Waals surface area contributed by atoms with Crippen LogP contribution in [-0.4, -0.2) is 34.8 Å².